The maximum atomic E-state index is 12.9. The number of benzene rings is 3. The Morgan fingerprint density at radius 1 is 0.917 bits per heavy atom. The molecule has 1 N–H and O–H groups in total. The number of carbonyl (C=O) groups excluding carboxylic acids is 2. The molecule has 3 atom stereocenters. The molecule has 1 aliphatic rings. The molecule has 0 aliphatic carbocycles. The third-order valence-electron chi connectivity index (χ3n) is 6.30. The van der Waals surface area contributed by atoms with Gasteiger partial charge in [-0.25, -0.2) is 14.4 Å². The summed E-state index contributed by atoms with van der Waals surface area (Å²) in [7, 11) is 0. The second kappa shape index (κ2) is 9.83. The Hall–Kier alpha value is -4.17. The van der Waals surface area contributed by atoms with Gasteiger partial charge in [0.15, 0.2) is 0 Å². The summed E-state index contributed by atoms with van der Waals surface area (Å²) in [4.78, 5) is 41.0. The Morgan fingerprint density at radius 2 is 1.53 bits per heavy atom. The number of H-pyrrole nitrogens is 1. The first kappa shape index (κ1) is 23.6. The van der Waals surface area contributed by atoms with E-state index in [0.29, 0.717) is 22.2 Å². The number of hydrogen-bond donors (Lipinski definition) is 1. The molecular weight excluding hydrogens is 460 g/mol. The van der Waals surface area contributed by atoms with Crippen molar-refractivity contribution in [1.29, 1.82) is 0 Å². The van der Waals surface area contributed by atoms with Crippen molar-refractivity contribution in [2.45, 2.75) is 38.7 Å². The van der Waals surface area contributed by atoms with E-state index in [2.05, 4.69) is 4.98 Å². The molecule has 1 aromatic heterocycles. The number of esters is 2. The molecule has 5 rings (SSSR count). The van der Waals surface area contributed by atoms with Crippen LogP contribution in [0.4, 0.5) is 0 Å². The highest BCUT2D eigenvalue weighted by atomic mass is 16.6. The predicted octanol–water partition coefficient (Wildman–Crippen LogP) is 4.32. The van der Waals surface area contributed by atoms with Gasteiger partial charge in [0.05, 0.1) is 22.2 Å². The Labute approximate surface area is 207 Å². The van der Waals surface area contributed by atoms with Gasteiger partial charge >= 0.3 is 17.6 Å². The average molecular weight is 487 g/mol. The molecule has 0 amide bonds. The highest BCUT2D eigenvalue weighted by Crippen LogP contribution is 2.33. The van der Waals surface area contributed by atoms with E-state index in [-0.39, 0.29) is 18.7 Å². The summed E-state index contributed by atoms with van der Waals surface area (Å²) < 4.78 is 19.0. The topological polar surface area (TPSA) is 99.6 Å². The van der Waals surface area contributed by atoms with E-state index >= 15 is 0 Å². The van der Waals surface area contributed by atoms with Crippen LogP contribution in [0.2, 0.25) is 0 Å². The number of aromatic amines is 1. The number of nitrogens with zero attached hydrogens (tertiary/aromatic N) is 1. The first-order valence-electron chi connectivity index (χ1n) is 11.7. The van der Waals surface area contributed by atoms with Gasteiger partial charge in [-0.05, 0) is 50.2 Å². The Bertz CT molecular complexity index is 1450. The van der Waals surface area contributed by atoms with Crippen molar-refractivity contribution >= 4 is 23.0 Å². The van der Waals surface area contributed by atoms with Gasteiger partial charge in [0.25, 0.3) is 0 Å². The Morgan fingerprint density at radius 3 is 2.19 bits per heavy atom. The summed E-state index contributed by atoms with van der Waals surface area (Å²) in [5, 5.41) is 0. The van der Waals surface area contributed by atoms with Gasteiger partial charge in [-0.1, -0.05) is 47.5 Å². The molecule has 1 aliphatic heterocycles. The van der Waals surface area contributed by atoms with Crippen LogP contribution in [-0.2, 0) is 14.2 Å². The molecule has 2 heterocycles. The molecule has 0 saturated carbocycles. The van der Waals surface area contributed by atoms with Gasteiger partial charge in [-0.2, -0.15) is 0 Å². The summed E-state index contributed by atoms with van der Waals surface area (Å²) in [5.74, 6) is -1.01. The number of para-hydroxylation sites is 2. The Balaban J connectivity index is 1.37. The van der Waals surface area contributed by atoms with Crippen LogP contribution in [-0.4, -0.2) is 40.3 Å². The highest BCUT2D eigenvalue weighted by molar-refractivity contribution is 5.90. The molecule has 36 heavy (non-hydrogen) atoms. The number of hydrogen-bond acceptors (Lipinski definition) is 6. The molecule has 3 aromatic carbocycles. The van der Waals surface area contributed by atoms with Crippen LogP contribution in [0.15, 0.2) is 77.6 Å². The second-order valence-corrected chi connectivity index (χ2v) is 8.96. The number of rotatable bonds is 6. The molecule has 1 fully saturated rings. The third-order valence-corrected chi connectivity index (χ3v) is 6.30. The lowest BCUT2D eigenvalue weighted by Crippen LogP contribution is -2.32. The SMILES string of the molecule is Cc1ccc(C(=O)OC[C@H]2O[C@@H](n3c(=O)[nH]c4ccccc43)C[C@H]2OC(=O)c2ccc(C)cc2)cc1. The van der Waals surface area contributed by atoms with Crippen molar-refractivity contribution in [2.75, 3.05) is 6.61 Å². The quantitative estimate of drug-likeness (QED) is 0.408. The standard InChI is InChI=1S/C28H26N2O6/c1-17-7-11-19(12-8-17)26(31)34-16-24-23(36-27(32)20-13-9-18(2)10-14-20)15-25(35-24)30-22-6-4-3-5-21(22)29-28(30)33/h3-14,23-25H,15-16H2,1-2H3,(H,29,33)/t23-,24-,25-/m1/s1. The van der Waals surface area contributed by atoms with Gasteiger partial charge in [-0.3, -0.25) is 4.57 Å². The zero-order valence-corrected chi connectivity index (χ0v) is 20.0. The van der Waals surface area contributed by atoms with Crippen molar-refractivity contribution in [1.82, 2.24) is 9.55 Å². The molecule has 0 bridgehead atoms. The molecule has 8 heteroatoms. The monoisotopic (exact) mass is 486 g/mol. The molecule has 184 valence electrons. The first-order valence-corrected chi connectivity index (χ1v) is 11.7. The lowest BCUT2D eigenvalue weighted by Gasteiger charge is -2.19. The molecule has 8 nitrogen and oxygen atoms in total. The lowest BCUT2D eigenvalue weighted by atomic mass is 10.1. The van der Waals surface area contributed by atoms with Crippen LogP contribution in [0, 0.1) is 13.8 Å². The summed E-state index contributed by atoms with van der Waals surface area (Å²) in [6, 6.07) is 21.4. The van der Waals surface area contributed by atoms with Crippen LogP contribution >= 0.6 is 0 Å². The molecule has 1 saturated heterocycles. The van der Waals surface area contributed by atoms with E-state index in [1.54, 1.807) is 30.3 Å². The number of fused-ring (bicyclic) bond motifs is 1. The first-order chi connectivity index (χ1) is 17.4. The third kappa shape index (κ3) is 4.81. The van der Waals surface area contributed by atoms with E-state index in [9.17, 15) is 14.4 Å². The van der Waals surface area contributed by atoms with E-state index in [4.69, 9.17) is 14.2 Å². The normalized spacial score (nSPS) is 19.3. The molecule has 0 radical (unpaired) electrons. The van der Waals surface area contributed by atoms with Crippen LogP contribution in [0.3, 0.4) is 0 Å². The number of nitrogens with one attached hydrogen (secondary N) is 1. The van der Waals surface area contributed by atoms with Crippen molar-refractivity contribution < 1.29 is 23.8 Å². The number of aromatic nitrogens is 2. The minimum Gasteiger partial charge on any atom is -0.459 e. The summed E-state index contributed by atoms with van der Waals surface area (Å²) in [6.07, 6.45) is -1.95. The number of ether oxygens (including phenoxy) is 3. The van der Waals surface area contributed by atoms with E-state index < -0.39 is 30.4 Å². The molecule has 4 aromatic rings. The molecule has 0 unspecified atom stereocenters. The predicted molar refractivity (Wildman–Crippen MR) is 133 cm³/mol. The fourth-order valence-electron chi connectivity index (χ4n) is 4.32. The minimum atomic E-state index is -0.751. The fraction of sp³-hybridized carbons (Fsp3) is 0.250. The van der Waals surface area contributed by atoms with Crippen LogP contribution in [0.1, 0.15) is 44.5 Å². The van der Waals surface area contributed by atoms with Crippen LogP contribution < -0.4 is 5.69 Å². The van der Waals surface area contributed by atoms with E-state index in [1.165, 1.54) is 4.57 Å². The van der Waals surface area contributed by atoms with Crippen molar-refractivity contribution in [3.05, 3.63) is 106 Å². The summed E-state index contributed by atoms with van der Waals surface area (Å²) in [6.45, 7) is 3.73. The summed E-state index contributed by atoms with van der Waals surface area (Å²) in [5.41, 5.74) is 3.89. The number of imidazole rings is 1. The van der Waals surface area contributed by atoms with Gasteiger partial charge in [0, 0.05) is 6.42 Å². The van der Waals surface area contributed by atoms with Crippen molar-refractivity contribution in [3.63, 3.8) is 0 Å². The molecule has 0 spiro atoms. The highest BCUT2D eigenvalue weighted by Gasteiger charge is 2.41. The van der Waals surface area contributed by atoms with Crippen LogP contribution in [0.5, 0.6) is 0 Å². The number of aryl methyl sites for hydroxylation is 2. The lowest BCUT2D eigenvalue weighted by molar-refractivity contribution is -0.0569. The maximum Gasteiger partial charge on any atom is 0.338 e. The van der Waals surface area contributed by atoms with E-state index in [0.717, 1.165) is 11.1 Å². The maximum absolute atomic E-state index is 12.9. The van der Waals surface area contributed by atoms with Gasteiger partial charge in [0.2, 0.25) is 0 Å². The zero-order valence-electron chi connectivity index (χ0n) is 20.0. The Kier molecular flexibility index (Phi) is 6.43. The van der Waals surface area contributed by atoms with Gasteiger partial charge < -0.3 is 19.2 Å². The summed E-state index contributed by atoms with van der Waals surface area (Å²) >= 11 is 0. The zero-order chi connectivity index (χ0) is 25.2. The minimum absolute atomic E-state index is 0.133. The number of carbonyl (C=O) groups is 2. The van der Waals surface area contributed by atoms with E-state index in [1.807, 2.05) is 56.3 Å². The van der Waals surface area contributed by atoms with Crippen molar-refractivity contribution in [2.24, 2.45) is 0 Å². The van der Waals surface area contributed by atoms with Crippen molar-refractivity contribution in [3.8, 4) is 0 Å². The van der Waals surface area contributed by atoms with Gasteiger partial charge in [0.1, 0.15) is 25.0 Å². The second-order valence-electron chi connectivity index (χ2n) is 8.96. The van der Waals surface area contributed by atoms with Gasteiger partial charge in [-0.15, -0.1) is 0 Å². The largest absolute Gasteiger partial charge is 0.459 e. The van der Waals surface area contributed by atoms with Crippen LogP contribution in [0.25, 0.3) is 11.0 Å². The fourth-order valence-corrected chi connectivity index (χ4v) is 4.32. The average Bonchev–Trinajstić information content (AvgIpc) is 3.42. The molecular formula is C28H26N2O6. The smallest absolute Gasteiger partial charge is 0.338 e.